The molecule has 0 unspecified atom stereocenters. The highest BCUT2D eigenvalue weighted by molar-refractivity contribution is 7.07. The quantitative estimate of drug-likeness (QED) is 0.798. The number of carboxylic acids is 1. The molecule has 0 fully saturated rings. The molecule has 0 aliphatic heterocycles. The molecule has 0 amide bonds. The highest BCUT2D eigenvalue weighted by Crippen LogP contribution is 2.30. The lowest BCUT2D eigenvalue weighted by atomic mass is 10.1. The number of aromatic nitrogens is 2. The number of carbonyl (C=O) groups is 1. The van der Waals surface area contributed by atoms with Crippen LogP contribution in [0.5, 0.6) is 10.9 Å². The summed E-state index contributed by atoms with van der Waals surface area (Å²) in [6.07, 6.45) is 0. The van der Waals surface area contributed by atoms with Gasteiger partial charge in [0.25, 0.3) is 5.19 Å². The van der Waals surface area contributed by atoms with E-state index in [1.165, 1.54) is 0 Å². The largest absolute Gasteiger partial charge is 0.478 e. The van der Waals surface area contributed by atoms with E-state index < -0.39 is 5.97 Å². The number of rotatable bonds is 3. The normalized spacial score (nSPS) is 10.7. The van der Waals surface area contributed by atoms with Crippen LogP contribution < -0.4 is 4.74 Å². The summed E-state index contributed by atoms with van der Waals surface area (Å²) < 4.78 is 9.57. The Bertz CT molecular complexity index is 798. The number of fused-ring (bicyclic) bond motifs is 1. The Morgan fingerprint density at radius 3 is 2.55 bits per heavy atom. The van der Waals surface area contributed by atoms with Gasteiger partial charge in [-0.1, -0.05) is 24.3 Å². The second-order valence-electron chi connectivity index (χ2n) is 4.21. The van der Waals surface area contributed by atoms with Crippen LogP contribution >= 0.6 is 11.5 Å². The highest BCUT2D eigenvalue weighted by atomic mass is 32.1. The topological polar surface area (TPSA) is 72.3 Å². The van der Waals surface area contributed by atoms with E-state index in [9.17, 15) is 9.90 Å². The third kappa shape index (κ3) is 2.33. The Morgan fingerprint density at radius 1 is 1.25 bits per heavy atom. The third-order valence-corrected chi connectivity index (χ3v) is 3.47. The minimum Gasteiger partial charge on any atom is -0.478 e. The number of carboxylic acid groups (broad SMARTS) is 1. The van der Waals surface area contributed by atoms with Crippen molar-refractivity contribution in [3.63, 3.8) is 0 Å². The van der Waals surface area contributed by atoms with E-state index in [4.69, 9.17) is 4.74 Å². The lowest BCUT2D eigenvalue weighted by molar-refractivity contribution is 0.0694. The number of nitrogens with zero attached hydrogens (tertiary/aromatic N) is 2. The summed E-state index contributed by atoms with van der Waals surface area (Å²) in [5.41, 5.74) is 0.108. The summed E-state index contributed by atoms with van der Waals surface area (Å²) in [7, 11) is 0. The fraction of sp³-hybridized carbons (Fsp3) is 0.0714. The second kappa shape index (κ2) is 4.90. The molecule has 1 aromatic heterocycles. The number of aromatic carboxylic acids is 1. The zero-order chi connectivity index (χ0) is 14.1. The monoisotopic (exact) mass is 286 g/mol. The minimum atomic E-state index is -1.04. The maximum Gasteiger partial charge on any atom is 0.339 e. The van der Waals surface area contributed by atoms with Gasteiger partial charge in [0.05, 0.1) is 0 Å². The van der Waals surface area contributed by atoms with Gasteiger partial charge in [0.2, 0.25) is 0 Å². The van der Waals surface area contributed by atoms with Gasteiger partial charge < -0.3 is 9.84 Å². The Balaban J connectivity index is 2.11. The van der Waals surface area contributed by atoms with E-state index in [1.807, 2.05) is 24.3 Å². The van der Waals surface area contributed by atoms with Crippen molar-refractivity contribution in [2.24, 2.45) is 0 Å². The van der Waals surface area contributed by atoms with Crippen LogP contribution in [-0.4, -0.2) is 20.4 Å². The number of hydrogen-bond acceptors (Lipinski definition) is 5. The molecule has 0 saturated heterocycles. The molecular weight excluding hydrogens is 276 g/mol. The van der Waals surface area contributed by atoms with E-state index in [0.29, 0.717) is 11.0 Å². The smallest absolute Gasteiger partial charge is 0.339 e. The van der Waals surface area contributed by atoms with Crippen LogP contribution in [0.3, 0.4) is 0 Å². The van der Waals surface area contributed by atoms with Crippen molar-refractivity contribution in [1.29, 1.82) is 0 Å². The van der Waals surface area contributed by atoms with Crippen LogP contribution in [0, 0.1) is 6.92 Å². The van der Waals surface area contributed by atoms with Gasteiger partial charge in [-0.25, -0.2) is 4.79 Å². The van der Waals surface area contributed by atoms with Gasteiger partial charge in [0.1, 0.15) is 17.1 Å². The standard InChI is InChI=1S/C14H10N2O3S/c1-8-15-14(20-16-8)19-12-7-10-5-3-2-4-9(10)6-11(12)13(17)18/h2-7H,1H3,(H,17,18). The average Bonchev–Trinajstić information content (AvgIpc) is 2.83. The Morgan fingerprint density at radius 2 is 1.95 bits per heavy atom. The van der Waals surface area contributed by atoms with Crippen molar-refractivity contribution in [3.8, 4) is 10.9 Å². The van der Waals surface area contributed by atoms with Crippen LogP contribution in [0.25, 0.3) is 10.8 Å². The van der Waals surface area contributed by atoms with Crippen molar-refractivity contribution in [3.05, 3.63) is 47.8 Å². The molecule has 100 valence electrons. The van der Waals surface area contributed by atoms with Crippen LogP contribution in [0.15, 0.2) is 36.4 Å². The molecule has 0 aliphatic carbocycles. The summed E-state index contributed by atoms with van der Waals surface area (Å²) in [6, 6.07) is 10.8. The molecule has 1 heterocycles. The van der Waals surface area contributed by atoms with Crippen molar-refractivity contribution in [1.82, 2.24) is 9.36 Å². The van der Waals surface area contributed by atoms with Crippen LogP contribution in [0.2, 0.25) is 0 Å². The van der Waals surface area contributed by atoms with Gasteiger partial charge in [0.15, 0.2) is 0 Å². The van der Waals surface area contributed by atoms with Gasteiger partial charge in [0, 0.05) is 11.5 Å². The molecule has 3 rings (SSSR count). The Labute approximate surface area is 118 Å². The molecule has 0 aliphatic rings. The van der Waals surface area contributed by atoms with Crippen LogP contribution in [0.1, 0.15) is 16.2 Å². The lowest BCUT2D eigenvalue weighted by Gasteiger charge is -2.07. The first-order chi connectivity index (χ1) is 9.63. The molecular formula is C14H10N2O3S. The molecule has 2 aromatic carbocycles. The summed E-state index contributed by atoms with van der Waals surface area (Å²) in [6.45, 7) is 1.75. The Kier molecular flexibility index (Phi) is 3.08. The van der Waals surface area contributed by atoms with Crippen LogP contribution in [-0.2, 0) is 0 Å². The first-order valence-corrected chi connectivity index (χ1v) is 6.65. The number of benzene rings is 2. The molecule has 0 bridgehead atoms. The average molecular weight is 286 g/mol. The molecule has 0 atom stereocenters. The van der Waals surface area contributed by atoms with Crippen molar-refractivity contribution < 1.29 is 14.6 Å². The Hall–Kier alpha value is -2.47. The summed E-state index contributed by atoms with van der Waals surface area (Å²) >= 11 is 1.09. The maximum atomic E-state index is 11.3. The maximum absolute atomic E-state index is 11.3. The van der Waals surface area contributed by atoms with Crippen LogP contribution in [0.4, 0.5) is 0 Å². The fourth-order valence-corrected chi connectivity index (χ4v) is 2.44. The van der Waals surface area contributed by atoms with E-state index in [0.717, 1.165) is 22.3 Å². The van der Waals surface area contributed by atoms with E-state index >= 15 is 0 Å². The molecule has 0 radical (unpaired) electrons. The molecule has 0 spiro atoms. The predicted octanol–water partition coefficient (Wildman–Crippen LogP) is 3.49. The number of ether oxygens (including phenoxy) is 1. The first-order valence-electron chi connectivity index (χ1n) is 5.88. The van der Waals surface area contributed by atoms with E-state index in [-0.39, 0.29) is 11.3 Å². The molecule has 6 heteroatoms. The second-order valence-corrected chi connectivity index (χ2v) is 4.92. The van der Waals surface area contributed by atoms with Crippen molar-refractivity contribution >= 4 is 28.3 Å². The van der Waals surface area contributed by atoms with Gasteiger partial charge in [-0.15, -0.1) is 0 Å². The summed E-state index contributed by atoms with van der Waals surface area (Å²) in [5, 5.41) is 11.4. The molecule has 1 N–H and O–H groups in total. The third-order valence-electron chi connectivity index (χ3n) is 2.78. The van der Waals surface area contributed by atoms with E-state index in [1.54, 1.807) is 19.1 Å². The SMILES string of the molecule is Cc1nsc(Oc2cc3ccccc3cc2C(=O)O)n1. The summed E-state index contributed by atoms with van der Waals surface area (Å²) in [4.78, 5) is 15.4. The first kappa shape index (κ1) is 12.6. The zero-order valence-electron chi connectivity index (χ0n) is 10.5. The lowest BCUT2D eigenvalue weighted by Crippen LogP contribution is -2.00. The van der Waals surface area contributed by atoms with Crippen molar-refractivity contribution in [2.45, 2.75) is 6.92 Å². The molecule has 20 heavy (non-hydrogen) atoms. The fourth-order valence-electron chi connectivity index (χ4n) is 1.88. The van der Waals surface area contributed by atoms with Crippen molar-refractivity contribution in [2.75, 3.05) is 0 Å². The van der Waals surface area contributed by atoms with Gasteiger partial charge >= 0.3 is 5.97 Å². The minimum absolute atomic E-state index is 0.108. The molecule has 0 saturated carbocycles. The zero-order valence-corrected chi connectivity index (χ0v) is 11.3. The van der Waals surface area contributed by atoms with Gasteiger partial charge in [-0.3, -0.25) is 0 Å². The summed E-state index contributed by atoms with van der Waals surface area (Å²) in [5.74, 6) is -0.165. The number of aryl methyl sites for hydroxylation is 1. The predicted molar refractivity (Wildman–Crippen MR) is 75.6 cm³/mol. The number of hydrogen-bond donors (Lipinski definition) is 1. The molecule has 5 nitrogen and oxygen atoms in total. The molecule has 3 aromatic rings. The van der Waals surface area contributed by atoms with Gasteiger partial charge in [-0.05, 0) is 29.8 Å². The highest BCUT2D eigenvalue weighted by Gasteiger charge is 2.15. The van der Waals surface area contributed by atoms with Gasteiger partial charge in [-0.2, -0.15) is 9.36 Å². The van der Waals surface area contributed by atoms with E-state index in [2.05, 4.69) is 9.36 Å².